The molecule has 4 nitrogen and oxygen atoms in total. The first-order chi connectivity index (χ1) is 7.92. The summed E-state index contributed by atoms with van der Waals surface area (Å²) in [5.74, 6) is 0.927. The normalized spacial score (nSPS) is 19.5. The molecule has 94 valence electrons. The van der Waals surface area contributed by atoms with Crippen molar-refractivity contribution in [2.75, 3.05) is 24.7 Å². The molecular weight excluding hydrogens is 238 g/mol. The van der Waals surface area contributed by atoms with Crippen LogP contribution < -0.4 is 4.90 Å². The summed E-state index contributed by atoms with van der Waals surface area (Å²) in [5.41, 5.74) is 1.96. The Kier molecular flexibility index (Phi) is 3.27. The molecule has 0 N–H and O–H groups in total. The van der Waals surface area contributed by atoms with Gasteiger partial charge in [0.05, 0.1) is 18.8 Å². The Morgan fingerprint density at radius 3 is 2.65 bits per heavy atom. The summed E-state index contributed by atoms with van der Waals surface area (Å²) >= 11 is 5.95. The topological polar surface area (TPSA) is 38.2 Å². The highest BCUT2D eigenvalue weighted by atomic mass is 35.5. The van der Waals surface area contributed by atoms with Gasteiger partial charge in [0.15, 0.2) is 0 Å². The number of hydrogen-bond donors (Lipinski definition) is 0. The number of anilines is 1. The largest absolute Gasteiger partial charge is 0.377 e. The van der Waals surface area contributed by atoms with Gasteiger partial charge in [0, 0.05) is 17.8 Å². The summed E-state index contributed by atoms with van der Waals surface area (Å²) in [5, 5.41) is 0.311. The number of morpholine rings is 1. The predicted octanol–water partition coefficient (Wildman–Crippen LogP) is 2.36. The number of rotatable bonds is 1. The van der Waals surface area contributed by atoms with E-state index in [9.17, 15) is 0 Å². The monoisotopic (exact) mass is 255 g/mol. The summed E-state index contributed by atoms with van der Waals surface area (Å²) in [7, 11) is 0. The average Bonchev–Trinajstić information content (AvgIpc) is 2.23. The summed E-state index contributed by atoms with van der Waals surface area (Å²) in [6.07, 6.45) is 0. The number of aryl methyl sites for hydroxylation is 1. The van der Waals surface area contributed by atoms with E-state index >= 15 is 0 Å². The third-order valence-electron chi connectivity index (χ3n) is 3.24. The Bertz CT molecular complexity index is 434. The molecule has 0 atom stereocenters. The van der Waals surface area contributed by atoms with Crippen LogP contribution in [-0.2, 0) is 4.74 Å². The molecule has 1 fully saturated rings. The van der Waals surface area contributed by atoms with Gasteiger partial charge in [0.1, 0.15) is 5.82 Å². The van der Waals surface area contributed by atoms with Crippen LogP contribution in [0.15, 0.2) is 0 Å². The molecule has 0 saturated carbocycles. The lowest BCUT2D eigenvalue weighted by molar-refractivity contribution is 0.0638. The Morgan fingerprint density at radius 1 is 1.29 bits per heavy atom. The highest BCUT2D eigenvalue weighted by molar-refractivity contribution is 6.28. The lowest BCUT2D eigenvalue weighted by Gasteiger charge is -2.43. The van der Waals surface area contributed by atoms with Crippen molar-refractivity contribution in [1.29, 1.82) is 0 Å². The quantitative estimate of drug-likeness (QED) is 0.722. The highest BCUT2D eigenvalue weighted by Crippen LogP contribution is 2.29. The number of ether oxygens (including phenoxy) is 1. The molecule has 0 amide bonds. The van der Waals surface area contributed by atoms with E-state index in [0.717, 1.165) is 30.2 Å². The highest BCUT2D eigenvalue weighted by Gasteiger charge is 2.32. The van der Waals surface area contributed by atoms with Crippen LogP contribution in [0, 0.1) is 13.8 Å². The van der Waals surface area contributed by atoms with Gasteiger partial charge in [-0.15, -0.1) is 0 Å². The van der Waals surface area contributed by atoms with E-state index in [1.807, 2.05) is 13.8 Å². The lowest BCUT2D eigenvalue weighted by Crippen LogP contribution is -2.53. The molecule has 1 aromatic rings. The van der Waals surface area contributed by atoms with Crippen LogP contribution in [-0.4, -0.2) is 35.3 Å². The smallest absolute Gasteiger partial charge is 0.224 e. The summed E-state index contributed by atoms with van der Waals surface area (Å²) in [6.45, 7) is 10.6. The second kappa shape index (κ2) is 4.42. The molecule has 0 bridgehead atoms. The molecule has 1 aliphatic rings. The standard InChI is InChI=1S/C12H18ClN3O/c1-8-9(2)14-11(13)15-10(8)16-5-6-17-7-12(16,3)4/h5-7H2,1-4H3. The van der Waals surface area contributed by atoms with E-state index in [0.29, 0.717) is 11.9 Å². The van der Waals surface area contributed by atoms with E-state index in [1.54, 1.807) is 0 Å². The van der Waals surface area contributed by atoms with Gasteiger partial charge in [-0.3, -0.25) is 0 Å². The first-order valence-corrected chi connectivity index (χ1v) is 6.16. The van der Waals surface area contributed by atoms with Crippen LogP contribution >= 0.6 is 11.6 Å². The molecular formula is C12H18ClN3O. The van der Waals surface area contributed by atoms with Gasteiger partial charge < -0.3 is 9.64 Å². The number of nitrogens with zero attached hydrogens (tertiary/aromatic N) is 3. The van der Waals surface area contributed by atoms with Gasteiger partial charge in [-0.25, -0.2) is 9.97 Å². The van der Waals surface area contributed by atoms with Gasteiger partial charge in [-0.1, -0.05) is 0 Å². The molecule has 2 rings (SSSR count). The first kappa shape index (κ1) is 12.6. The van der Waals surface area contributed by atoms with Crippen LogP contribution in [0.1, 0.15) is 25.1 Å². The summed E-state index contributed by atoms with van der Waals surface area (Å²) in [6, 6.07) is 0. The van der Waals surface area contributed by atoms with Crippen molar-refractivity contribution in [1.82, 2.24) is 9.97 Å². The minimum Gasteiger partial charge on any atom is -0.377 e. The minimum atomic E-state index is -0.0624. The van der Waals surface area contributed by atoms with Crippen LogP contribution in [0.2, 0.25) is 5.28 Å². The zero-order valence-corrected chi connectivity index (χ0v) is 11.5. The van der Waals surface area contributed by atoms with Crippen molar-refractivity contribution in [2.24, 2.45) is 0 Å². The molecule has 2 heterocycles. The van der Waals surface area contributed by atoms with Crippen molar-refractivity contribution >= 4 is 17.4 Å². The second-order valence-corrected chi connectivity index (χ2v) is 5.38. The van der Waals surface area contributed by atoms with Gasteiger partial charge in [-0.2, -0.15) is 0 Å². The van der Waals surface area contributed by atoms with Gasteiger partial charge >= 0.3 is 0 Å². The summed E-state index contributed by atoms with van der Waals surface area (Å²) in [4.78, 5) is 10.8. The fraction of sp³-hybridized carbons (Fsp3) is 0.667. The maximum absolute atomic E-state index is 5.95. The maximum atomic E-state index is 5.95. The number of hydrogen-bond acceptors (Lipinski definition) is 4. The second-order valence-electron chi connectivity index (χ2n) is 5.04. The van der Waals surface area contributed by atoms with Crippen molar-refractivity contribution in [3.63, 3.8) is 0 Å². The Balaban J connectivity index is 2.45. The number of aromatic nitrogens is 2. The molecule has 0 spiro atoms. The van der Waals surface area contributed by atoms with Crippen LogP contribution in [0.25, 0.3) is 0 Å². The molecule has 1 saturated heterocycles. The van der Waals surface area contributed by atoms with E-state index in [4.69, 9.17) is 16.3 Å². The zero-order valence-electron chi connectivity index (χ0n) is 10.7. The molecule has 5 heteroatoms. The average molecular weight is 256 g/mol. The molecule has 0 radical (unpaired) electrons. The number of halogens is 1. The predicted molar refractivity (Wildman–Crippen MR) is 68.8 cm³/mol. The molecule has 0 aromatic carbocycles. The first-order valence-electron chi connectivity index (χ1n) is 5.78. The Labute approximate surface area is 107 Å². The zero-order chi connectivity index (χ0) is 12.6. The Morgan fingerprint density at radius 2 is 2.00 bits per heavy atom. The lowest BCUT2D eigenvalue weighted by atomic mass is 10.0. The summed E-state index contributed by atoms with van der Waals surface area (Å²) < 4.78 is 5.52. The van der Waals surface area contributed by atoms with Crippen molar-refractivity contribution in [2.45, 2.75) is 33.2 Å². The van der Waals surface area contributed by atoms with Gasteiger partial charge in [-0.05, 0) is 39.3 Å². The van der Waals surface area contributed by atoms with Crippen molar-refractivity contribution in [3.8, 4) is 0 Å². The van der Waals surface area contributed by atoms with Crippen molar-refractivity contribution < 1.29 is 4.74 Å². The molecule has 17 heavy (non-hydrogen) atoms. The molecule has 1 aliphatic heterocycles. The third-order valence-corrected chi connectivity index (χ3v) is 3.41. The molecule has 0 unspecified atom stereocenters. The fourth-order valence-corrected chi connectivity index (χ4v) is 2.30. The van der Waals surface area contributed by atoms with E-state index in [1.165, 1.54) is 0 Å². The van der Waals surface area contributed by atoms with E-state index in [-0.39, 0.29) is 5.54 Å². The van der Waals surface area contributed by atoms with E-state index in [2.05, 4.69) is 28.7 Å². The SMILES string of the molecule is Cc1nc(Cl)nc(N2CCOCC2(C)C)c1C. The molecule has 1 aromatic heterocycles. The minimum absolute atomic E-state index is 0.0624. The molecule has 0 aliphatic carbocycles. The Hall–Kier alpha value is -0.870. The maximum Gasteiger partial charge on any atom is 0.224 e. The third kappa shape index (κ3) is 2.38. The van der Waals surface area contributed by atoms with Gasteiger partial charge in [0.2, 0.25) is 5.28 Å². The van der Waals surface area contributed by atoms with Crippen LogP contribution in [0.4, 0.5) is 5.82 Å². The van der Waals surface area contributed by atoms with Crippen LogP contribution in [0.3, 0.4) is 0 Å². The van der Waals surface area contributed by atoms with Crippen molar-refractivity contribution in [3.05, 3.63) is 16.5 Å². The fourth-order valence-electron chi connectivity index (χ4n) is 2.09. The van der Waals surface area contributed by atoms with Crippen LogP contribution in [0.5, 0.6) is 0 Å². The van der Waals surface area contributed by atoms with Gasteiger partial charge in [0.25, 0.3) is 0 Å². The van der Waals surface area contributed by atoms with E-state index < -0.39 is 0 Å².